The minimum Gasteiger partial charge on any atom is -0.467 e. The molecule has 0 spiro atoms. The zero-order chi connectivity index (χ0) is 18.2. The Kier molecular flexibility index (Phi) is 5.63. The fraction of sp³-hybridized carbons (Fsp3) is 0.150. The van der Waals surface area contributed by atoms with Gasteiger partial charge in [0.1, 0.15) is 5.76 Å². The molecule has 0 atom stereocenters. The summed E-state index contributed by atoms with van der Waals surface area (Å²) in [6.45, 7) is 0.685. The van der Waals surface area contributed by atoms with E-state index in [0.717, 1.165) is 11.3 Å². The smallest absolute Gasteiger partial charge is 0.247 e. The van der Waals surface area contributed by atoms with Crippen molar-refractivity contribution in [2.45, 2.75) is 13.0 Å². The Bertz CT molecular complexity index is 905. The number of benzene rings is 1. The van der Waals surface area contributed by atoms with Gasteiger partial charge in [-0.1, -0.05) is 18.2 Å². The highest BCUT2D eigenvalue weighted by Gasteiger charge is 2.12. The molecule has 0 N–H and O–H groups in total. The quantitative estimate of drug-likeness (QED) is 0.614. The summed E-state index contributed by atoms with van der Waals surface area (Å²) in [5.74, 6) is 0.505. The number of carbonyl (C=O) groups excluding carboxylic acids is 1. The van der Waals surface area contributed by atoms with Gasteiger partial charge < -0.3 is 9.32 Å². The van der Waals surface area contributed by atoms with Crippen LogP contribution in [0.25, 0.3) is 11.8 Å². The van der Waals surface area contributed by atoms with E-state index < -0.39 is 0 Å². The van der Waals surface area contributed by atoms with Crippen molar-refractivity contribution in [1.29, 1.82) is 5.26 Å². The second-order valence-electron chi connectivity index (χ2n) is 5.63. The molecule has 1 aromatic carbocycles. The lowest BCUT2D eigenvalue weighted by atomic mass is 10.3. The Labute approximate surface area is 151 Å². The normalized spacial score (nSPS) is 10.7. The third kappa shape index (κ3) is 4.48. The molecule has 2 heterocycles. The number of hydrogen-bond acceptors (Lipinski definition) is 4. The van der Waals surface area contributed by atoms with Crippen LogP contribution in [0.5, 0.6) is 0 Å². The average Bonchev–Trinajstić information content (AvgIpc) is 3.36. The second-order valence-corrected chi connectivity index (χ2v) is 5.63. The van der Waals surface area contributed by atoms with E-state index in [1.54, 1.807) is 40.3 Å². The van der Waals surface area contributed by atoms with Crippen molar-refractivity contribution in [3.8, 4) is 11.8 Å². The molecule has 0 saturated carbocycles. The highest BCUT2D eigenvalue weighted by molar-refractivity contribution is 5.91. The number of amides is 1. The molecule has 3 rings (SSSR count). The number of aromatic nitrogens is 2. The number of rotatable bonds is 7. The molecule has 3 aromatic rings. The molecule has 0 unspecified atom stereocenters. The van der Waals surface area contributed by atoms with E-state index in [2.05, 4.69) is 11.2 Å². The molecule has 0 fully saturated rings. The van der Waals surface area contributed by atoms with Gasteiger partial charge >= 0.3 is 0 Å². The maximum Gasteiger partial charge on any atom is 0.247 e. The number of para-hydroxylation sites is 1. The first-order valence-corrected chi connectivity index (χ1v) is 8.22. The summed E-state index contributed by atoms with van der Waals surface area (Å²) in [5, 5.41) is 13.1. The highest BCUT2D eigenvalue weighted by Crippen LogP contribution is 2.10. The summed E-state index contributed by atoms with van der Waals surface area (Å²) in [6, 6.07) is 15.4. The third-order valence-electron chi connectivity index (χ3n) is 3.77. The van der Waals surface area contributed by atoms with E-state index in [4.69, 9.17) is 9.68 Å². The summed E-state index contributed by atoms with van der Waals surface area (Å²) in [4.78, 5) is 14.1. The standard InChI is InChI=1S/C20H18N4O2/c21-11-5-12-23(16-19-8-4-13-26-19)20(25)10-9-17-14-22-24(15-17)18-6-2-1-3-7-18/h1-4,6-10,13-15H,5,12,16H2. The van der Waals surface area contributed by atoms with Crippen LogP contribution in [0.2, 0.25) is 0 Å². The SMILES string of the molecule is N#CCCN(Cc1ccco1)C(=O)C=Cc1cnn(-c2ccccc2)c1. The molecular formula is C20H18N4O2. The van der Waals surface area contributed by atoms with Crippen molar-refractivity contribution in [2.75, 3.05) is 6.54 Å². The minimum atomic E-state index is -0.177. The number of furan rings is 1. The van der Waals surface area contributed by atoms with Crippen LogP contribution in [-0.4, -0.2) is 27.1 Å². The molecule has 0 aliphatic heterocycles. The molecule has 2 aromatic heterocycles. The summed E-state index contributed by atoms with van der Waals surface area (Å²) in [6.07, 6.45) is 8.60. The lowest BCUT2D eigenvalue weighted by Gasteiger charge is -2.18. The van der Waals surface area contributed by atoms with E-state index in [1.165, 1.54) is 6.08 Å². The Morgan fingerprint density at radius 2 is 2.12 bits per heavy atom. The van der Waals surface area contributed by atoms with Gasteiger partial charge in [-0.15, -0.1) is 0 Å². The van der Waals surface area contributed by atoms with Crippen LogP contribution < -0.4 is 0 Å². The van der Waals surface area contributed by atoms with Crippen molar-refractivity contribution < 1.29 is 9.21 Å². The van der Waals surface area contributed by atoms with Crippen LogP contribution in [0.3, 0.4) is 0 Å². The minimum absolute atomic E-state index is 0.177. The maximum atomic E-state index is 12.5. The number of nitriles is 1. The summed E-state index contributed by atoms with van der Waals surface area (Å²) >= 11 is 0. The Morgan fingerprint density at radius 1 is 1.27 bits per heavy atom. The van der Waals surface area contributed by atoms with Crippen LogP contribution >= 0.6 is 0 Å². The van der Waals surface area contributed by atoms with Crippen LogP contribution in [-0.2, 0) is 11.3 Å². The van der Waals surface area contributed by atoms with Gasteiger partial charge in [0, 0.05) is 24.4 Å². The first-order valence-electron chi connectivity index (χ1n) is 8.22. The van der Waals surface area contributed by atoms with Crippen LogP contribution in [0, 0.1) is 11.3 Å². The third-order valence-corrected chi connectivity index (χ3v) is 3.77. The van der Waals surface area contributed by atoms with Gasteiger partial charge in [0.25, 0.3) is 0 Å². The Hall–Kier alpha value is -3.59. The Morgan fingerprint density at radius 3 is 2.85 bits per heavy atom. The van der Waals surface area contributed by atoms with E-state index in [9.17, 15) is 4.79 Å². The van der Waals surface area contributed by atoms with Gasteiger partial charge in [-0.2, -0.15) is 10.4 Å². The molecule has 0 aliphatic carbocycles. The molecule has 1 amide bonds. The monoisotopic (exact) mass is 346 g/mol. The van der Waals surface area contributed by atoms with Crippen molar-refractivity contribution in [2.24, 2.45) is 0 Å². The van der Waals surface area contributed by atoms with Gasteiger partial charge in [0.15, 0.2) is 0 Å². The molecular weight excluding hydrogens is 328 g/mol. The van der Waals surface area contributed by atoms with E-state index in [0.29, 0.717) is 18.8 Å². The summed E-state index contributed by atoms with van der Waals surface area (Å²) < 4.78 is 7.05. The van der Waals surface area contributed by atoms with E-state index in [-0.39, 0.29) is 12.3 Å². The van der Waals surface area contributed by atoms with Gasteiger partial charge in [-0.25, -0.2) is 4.68 Å². The number of hydrogen-bond donors (Lipinski definition) is 0. The summed E-state index contributed by atoms with van der Waals surface area (Å²) in [7, 11) is 0. The largest absolute Gasteiger partial charge is 0.467 e. The van der Waals surface area contributed by atoms with Gasteiger partial charge in [0.2, 0.25) is 5.91 Å². The molecule has 6 nitrogen and oxygen atoms in total. The molecule has 0 radical (unpaired) electrons. The maximum absolute atomic E-state index is 12.5. The summed E-state index contributed by atoms with van der Waals surface area (Å²) in [5.41, 5.74) is 1.77. The van der Waals surface area contributed by atoms with Crippen LogP contribution in [0.15, 0.2) is 71.6 Å². The fourth-order valence-electron chi connectivity index (χ4n) is 2.46. The lowest BCUT2D eigenvalue weighted by Crippen LogP contribution is -2.29. The average molecular weight is 346 g/mol. The highest BCUT2D eigenvalue weighted by atomic mass is 16.3. The lowest BCUT2D eigenvalue weighted by molar-refractivity contribution is -0.126. The topological polar surface area (TPSA) is 75.1 Å². The Balaban J connectivity index is 1.68. The number of carbonyl (C=O) groups is 1. The molecule has 0 bridgehead atoms. The molecule has 130 valence electrons. The second kappa shape index (κ2) is 8.49. The molecule has 6 heteroatoms. The van der Waals surface area contributed by atoms with E-state index in [1.807, 2.05) is 36.5 Å². The predicted molar refractivity (Wildman–Crippen MR) is 97.0 cm³/mol. The zero-order valence-electron chi connectivity index (χ0n) is 14.2. The molecule has 26 heavy (non-hydrogen) atoms. The van der Waals surface area contributed by atoms with Crippen LogP contribution in [0.4, 0.5) is 0 Å². The van der Waals surface area contributed by atoms with Gasteiger partial charge in [-0.3, -0.25) is 4.79 Å². The predicted octanol–water partition coefficient (Wildman–Crippen LogP) is 3.42. The number of nitrogens with zero attached hydrogens (tertiary/aromatic N) is 4. The molecule has 0 saturated heterocycles. The van der Waals surface area contributed by atoms with Crippen molar-refractivity contribution in [3.05, 3.63) is 78.5 Å². The van der Waals surface area contributed by atoms with Crippen molar-refractivity contribution in [3.63, 3.8) is 0 Å². The first kappa shape index (κ1) is 17.2. The first-order chi connectivity index (χ1) is 12.8. The zero-order valence-corrected chi connectivity index (χ0v) is 14.2. The van der Waals surface area contributed by atoms with Gasteiger partial charge in [-0.05, 0) is 30.3 Å². The van der Waals surface area contributed by atoms with Gasteiger partial charge in [0.05, 0.1) is 37.2 Å². The van der Waals surface area contributed by atoms with Crippen LogP contribution in [0.1, 0.15) is 17.7 Å². The van der Waals surface area contributed by atoms with Crippen molar-refractivity contribution in [1.82, 2.24) is 14.7 Å². The van der Waals surface area contributed by atoms with E-state index >= 15 is 0 Å². The molecule has 0 aliphatic rings. The fourth-order valence-corrected chi connectivity index (χ4v) is 2.46. The van der Waals surface area contributed by atoms with Crippen molar-refractivity contribution >= 4 is 12.0 Å².